The summed E-state index contributed by atoms with van der Waals surface area (Å²) in [5.74, 6) is 2.15. The summed E-state index contributed by atoms with van der Waals surface area (Å²) in [5.41, 5.74) is 1.63. The molecule has 19 heavy (non-hydrogen) atoms. The first-order chi connectivity index (χ1) is 9.11. The number of benzene rings is 2. The summed E-state index contributed by atoms with van der Waals surface area (Å²) in [5, 5.41) is 3.34. The minimum absolute atomic E-state index is 0.256. The van der Waals surface area contributed by atoms with Gasteiger partial charge in [-0.05, 0) is 36.4 Å². The van der Waals surface area contributed by atoms with Crippen molar-refractivity contribution in [2.24, 2.45) is 0 Å². The van der Waals surface area contributed by atoms with E-state index in [0.717, 1.165) is 5.56 Å². The Balaban J connectivity index is 2.23. The minimum Gasteiger partial charge on any atom is -0.322 e. The lowest BCUT2D eigenvalue weighted by Gasteiger charge is -2.08. The van der Waals surface area contributed by atoms with Crippen LogP contribution in [-0.2, 0) is 0 Å². The normalized spacial score (nSPS) is 9.74. The van der Waals surface area contributed by atoms with Crippen molar-refractivity contribution < 1.29 is 4.79 Å². The largest absolute Gasteiger partial charge is 0.322 e. The van der Waals surface area contributed by atoms with Crippen LogP contribution in [0.15, 0.2) is 42.5 Å². The molecular formula is C15H9Cl2NO. The topological polar surface area (TPSA) is 29.1 Å². The highest BCUT2D eigenvalue weighted by Crippen LogP contribution is 2.25. The molecule has 0 heterocycles. The Morgan fingerprint density at radius 2 is 1.63 bits per heavy atom. The number of carbonyl (C=O) groups excluding carboxylic acids is 1. The second kappa shape index (κ2) is 5.79. The van der Waals surface area contributed by atoms with Gasteiger partial charge in [0.25, 0.3) is 5.91 Å². The summed E-state index contributed by atoms with van der Waals surface area (Å²) in [6, 6.07) is 11.8. The molecule has 0 saturated heterocycles. The van der Waals surface area contributed by atoms with E-state index in [2.05, 4.69) is 11.2 Å². The number of carbonyl (C=O) groups is 1. The quantitative estimate of drug-likeness (QED) is 0.824. The molecule has 0 unspecified atom stereocenters. The van der Waals surface area contributed by atoms with Crippen molar-refractivity contribution in [2.75, 3.05) is 5.32 Å². The third-order valence-corrected chi connectivity index (χ3v) is 3.13. The number of halogens is 2. The Kier molecular flexibility index (Phi) is 4.11. The lowest BCUT2D eigenvalue weighted by atomic mass is 10.2. The van der Waals surface area contributed by atoms with Gasteiger partial charge in [0.15, 0.2) is 0 Å². The lowest BCUT2D eigenvalue weighted by molar-refractivity contribution is 0.102. The maximum Gasteiger partial charge on any atom is 0.258 e. The molecule has 0 aliphatic heterocycles. The van der Waals surface area contributed by atoms with Crippen molar-refractivity contribution in [1.82, 2.24) is 0 Å². The fourth-order valence-electron chi connectivity index (χ4n) is 1.56. The van der Waals surface area contributed by atoms with Gasteiger partial charge < -0.3 is 5.32 Å². The second-order valence-electron chi connectivity index (χ2n) is 3.77. The summed E-state index contributed by atoms with van der Waals surface area (Å²) >= 11 is 11.9. The van der Waals surface area contributed by atoms with E-state index in [9.17, 15) is 4.79 Å². The van der Waals surface area contributed by atoms with Crippen LogP contribution < -0.4 is 5.32 Å². The molecule has 0 saturated carbocycles. The van der Waals surface area contributed by atoms with Gasteiger partial charge in [0.05, 0.1) is 15.6 Å². The summed E-state index contributed by atoms with van der Waals surface area (Å²) in [4.78, 5) is 12.1. The number of hydrogen-bond acceptors (Lipinski definition) is 1. The van der Waals surface area contributed by atoms with Crippen LogP contribution in [-0.4, -0.2) is 5.91 Å². The first kappa shape index (κ1) is 13.5. The van der Waals surface area contributed by atoms with E-state index in [1.54, 1.807) is 42.5 Å². The molecule has 0 fully saturated rings. The van der Waals surface area contributed by atoms with Gasteiger partial charge in [-0.15, -0.1) is 6.42 Å². The molecule has 0 bridgehead atoms. The highest BCUT2D eigenvalue weighted by Gasteiger charge is 2.14. The van der Waals surface area contributed by atoms with Crippen molar-refractivity contribution in [3.63, 3.8) is 0 Å². The molecule has 0 radical (unpaired) electrons. The van der Waals surface area contributed by atoms with Crippen molar-refractivity contribution in [3.05, 3.63) is 63.6 Å². The predicted octanol–water partition coefficient (Wildman–Crippen LogP) is 4.23. The Labute approximate surface area is 121 Å². The minimum atomic E-state index is -0.357. The summed E-state index contributed by atoms with van der Waals surface area (Å²) in [6.45, 7) is 0. The molecule has 0 atom stereocenters. The lowest BCUT2D eigenvalue weighted by Crippen LogP contribution is -2.13. The van der Waals surface area contributed by atoms with Gasteiger partial charge in [-0.2, -0.15) is 0 Å². The third-order valence-electron chi connectivity index (χ3n) is 2.50. The zero-order valence-corrected chi connectivity index (χ0v) is 11.3. The molecule has 94 valence electrons. The number of rotatable bonds is 2. The molecule has 1 N–H and O–H groups in total. The van der Waals surface area contributed by atoms with E-state index < -0.39 is 0 Å². The standard InChI is InChI=1S/C15H9Cl2NO/c1-2-10-6-8-11(9-7-10)18-15(19)14-12(16)4-3-5-13(14)17/h1,3-9H,(H,18,19). The van der Waals surface area contributed by atoms with E-state index in [0.29, 0.717) is 15.7 Å². The predicted molar refractivity (Wildman–Crippen MR) is 78.8 cm³/mol. The average Bonchev–Trinajstić information content (AvgIpc) is 2.39. The van der Waals surface area contributed by atoms with Crippen molar-refractivity contribution in [1.29, 1.82) is 0 Å². The molecule has 0 aromatic heterocycles. The van der Waals surface area contributed by atoms with Crippen LogP contribution in [0.25, 0.3) is 0 Å². The van der Waals surface area contributed by atoms with E-state index in [1.165, 1.54) is 0 Å². The van der Waals surface area contributed by atoms with Gasteiger partial charge in [0.2, 0.25) is 0 Å². The number of terminal acetylenes is 1. The van der Waals surface area contributed by atoms with Gasteiger partial charge in [-0.1, -0.05) is 35.2 Å². The molecule has 0 aliphatic carbocycles. The van der Waals surface area contributed by atoms with Crippen LogP contribution in [0.5, 0.6) is 0 Å². The van der Waals surface area contributed by atoms with Gasteiger partial charge in [0.1, 0.15) is 0 Å². The first-order valence-electron chi connectivity index (χ1n) is 5.44. The van der Waals surface area contributed by atoms with Gasteiger partial charge in [0, 0.05) is 11.3 Å². The third kappa shape index (κ3) is 3.08. The maximum atomic E-state index is 12.1. The Morgan fingerprint density at radius 3 is 2.16 bits per heavy atom. The molecule has 0 spiro atoms. The van der Waals surface area contributed by atoms with Crippen molar-refractivity contribution in [3.8, 4) is 12.3 Å². The molecule has 2 rings (SSSR count). The van der Waals surface area contributed by atoms with Crippen LogP contribution in [0.2, 0.25) is 10.0 Å². The molecule has 1 amide bonds. The highest BCUT2D eigenvalue weighted by molar-refractivity contribution is 6.40. The van der Waals surface area contributed by atoms with Crippen LogP contribution >= 0.6 is 23.2 Å². The number of hydrogen-bond donors (Lipinski definition) is 1. The molecule has 0 aliphatic rings. The zero-order valence-electron chi connectivity index (χ0n) is 9.78. The Morgan fingerprint density at radius 1 is 1.05 bits per heavy atom. The number of anilines is 1. The van der Waals surface area contributed by atoms with Crippen LogP contribution in [0.1, 0.15) is 15.9 Å². The molecular weight excluding hydrogens is 281 g/mol. The summed E-state index contributed by atoms with van der Waals surface area (Å²) < 4.78 is 0. The molecule has 2 aromatic carbocycles. The fraction of sp³-hybridized carbons (Fsp3) is 0. The smallest absolute Gasteiger partial charge is 0.258 e. The van der Waals surface area contributed by atoms with Gasteiger partial charge in [-0.3, -0.25) is 4.79 Å². The van der Waals surface area contributed by atoms with E-state index in [1.807, 2.05) is 0 Å². The van der Waals surface area contributed by atoms with Crippen molar-refractivity contribution >= 4 is 34.8 Å². The Bertz CT molecular complexity index is 637. The molecule has 2 aromatic rings. The summed E-state index contributed by atoms with van der Waals surface area (Å²) in [7, 11) is 0. The Hall–Kier alpha value is -1.95. The van der Waals surface area contributed by atoms with Crippen molar-refractivity contribution in [2.45, 2.75) is 0 Å². The van der Waals surface area contributed by atoms with Gasteiger partial charge in [-0.25, -0.2) is 0 Å². The van der Waals surface area contributed by atoms with E-state index in [-0.39, 0.29) is 11.5 Å². The SMILES string of the molecule is C#Cc1ccc(NC(=O)c2c(Cl)cccc2Cl)cc1. The van der Waals surface area contributed by atoms with E-state index in [4.69, 9.17) is 29.6 Å². The van der Waals surface area contributed by atoms with Crippen LogP contribution in [0.4, 0.5) is 5.69 Å². The van der Waals surface area contributed by atoms with Gasteiger partial charge >= 0.3 is 0 Å². The number of nitrogens with one attached hydrogen (secondary N) is 1. The monoisotopic (exact) mass is 289 g/mol. The maximum absolute atomic E-state index is 12.1. The van der Waals surface area contributed by atoms with E-state index >= 15 is 0 Å². The molecule has 4 heteroatoms. The fourth-order valence-corrected chi connectivity index (χ4v) is 2.13. The molecule has 2 nitrogen and oxygen atoms in total. The summed E-state index contributed by atoms with van der Waals surface area (Å²) in [6.07, 6.45) is 5.26. The average molecular weight is 290 g/mol. The highest BCUT2D eigenvalue weighted by atomic mass is 35.5. The zero-order chi connectivity index (χ0) is 13.8. The van der Waals surface area contributed by atoms with Crippen LogP contribution in [0, 0.1) is 12.3 Å². The van der Waals surface area contributed by atoms with Crippen LogP contribution in [0.3, 0.4) is 0 Å². The first-order valence-corrected chi connectivity index (χ1v) is 6.19. The second-order valence-corrected chi connectivity index (χ2v) is 4.59. The number of amides is 1.